The summed E-state index contributed by atoms with van der Waals surface area (Å²) < 4.78 is 45.4. The van der Waals surface area contributed by atoms with E-state index in [9.17, 15) is 18.0 Å². The van der Waals surface area contributed by atoms with E-state index >= 15 is 0 Å². The number of carbonyl (C=O) groups is 1. The van der Waals surface area contributed by atoms with Crippen molar-refractivity contribution >= 4 is 11.6 Å². The largest absolute Gasteiger partial charge is 0.457 e. The number of ether oxygens (including phenoxy) is 1. The predicted octanol–water partition coefficient (Wildman–Crippen LogP) is 5.73. The average molecular weight is 453 g/mol. The summed E-state index contributed by atoms with van der Waals surface area (Å²) in [5.41, 5.74) is 3.23. The molecule has 0 radical (unpaired) electrons. The molecule has 170 valence electrons. The van der Waals surface area contributed by atoms with E-state index in [0.717, 1.165) is 28.9 Å². The Balaban J connectivity index is 1.33. The molecule has 2 heterocycles. The number of hydrogen-bond donors (Lipinski definition) is 1. The monoisotopic (exact) mass is 453 g/mol. The highest BCUT2D eigenvalue weighted by atomic mass is 19.4. The standard InChI is InChI=1S/C25H22F3N3O2/c1-16-4-3-15-31-22(17(2)30-23(16)31)24(32)29-14-13-18-5-9-20(10-6-18)33-21-11-7-19(8-12-21)25(26,27)28/h3-12,15H,13-14H2,1-2H3,(H,29,32). The third-order valence-electron chi connectivity index (χ3n) is 5.27. The quantitative estimate of drug-likeness (QED) is 0.405. The number of fused-ring (bicyclic) bond motifs is 1. The first kappa shape index (κ1) is 22.4. The van der Waals surface area contributed by atoms with E-state index in [1.807, 2.05) is 44.3 Å². The average Bonchev–Trinajstić information content (AvgIpc) is 3.12. The molecule has 1 N–H and O–H groups in total. The second kappa shape index (κ2) is 8.97. The van der Waals surface area contributed by atoms with E-state index in [0.29, 0.717) is 35.9 Å². The summed E-state index contributed by atoms with van der Waals surface area (Å²) in [7, 11) is 0. The van der Waals surface area contributed by atoms with Crippen molar-refractivity contribution in [2.45, 2.75) is 26.4 Å². The molecule has 0 fully saturated rings. The number of rotatable bonds is 6. The second-order valence-electron chi connectivity index (χ2n) is 7.70. The van der Waals surface area contributed by atoms with Gasteiger partial charge in [-0.15, -0.1) is 0 Å². The van der Waals surface area contributed by atoms with Gasteiger partial charge < -0.3 is 10.1 Å². The SMILES string of the molecule is Cc1nc2c(C)cccn2c1C(=O)NCCc1ccc(Oc2ccc(C(F)(F)F)cc2)cc1. The van der Waals surface area contributed by atoms with Gasteiger partial charge in [-0.25, -0.2) is 4.98 Å². The Kier molecular flexibility index (Phi) is 6.09. The number of halogens is 3. The molecule has 0 saturated heterocycles. The molecular formula is C25H22F3N3O2. The molecular weight excluding hydrogens is 431 g/mol. The minimum absolute atomic E-state index is 0.187. The zero-order chi connectivity index (χ0) is 23.6. The zero-order valence-electron chi connectivity index (χ0n) is 18.1. The Labute approximate surface area is 188 Å². The van der Waals surface area contributed by atoms with Crippen LogP contribution in [0.5, 0.6) is 11.5 Å². The number of amides is 1. The van der Waals surface area contributed by atoms with Crippen molar-refractivity contribution in [2.75, 3.05) is 6.54 Å². The minimum atomic E-state index is -4.38. The Hall–Kier alpha value is -3.81. The van der Waals surface area contributed by atoms with E-state index in [2.05, 4.69) is 10.3 Å². The van der Waals surface area contributed by atoms with Gasteiger partial charge in [0.05, 0.1) is 11.3 Å². The van der Waals surface area contributed by atoms with Gasteiger partial charge in [-0.2, -0.15) is 13.2 Å². The van der Waals surface area contributed by atoms with Gasteiger partial charge in [-0.05, 0) is 73.9 Å². The lowest BCUT2D eigenvalue weighted by Crippen LogP contribution is -2.27. The molecule has 0 aliphatic heterocycles. The van der Waals surface area contributed by atoms with Crippen LogP contribution in [0.1, 0.15) is 32.9 Å². The summed E-state index contributed by atoms with van der Waals surface area (Å²) in [5, 5.41) is 2.93. The molecule has 33 heavy (non-hydrogen) atoms. The highest BCUT2D eigenvalue weighted by Gasteiger charge is 2.30. The molecule has 0 aliphatic carbocycles. The summed E-state index contributed by atoms with van der Waals surface area (Å²) in [6.45, 7) is 4.21. The highest BCUT2D eigenvalue weighted by molar-refractivity contribution is 5.94. The van der Waals surface area contributed by atoms with Crippen LogP contribution in [0, 0.1) is 13.8 Å². The lowest BCUT2D eigenvalue weighted by molar-refractivity contribution is -0.137. The second-order valence-corrected chi connectivity index (χ2v) is 7.70. The van der Waals surface area contributed by atoms with Crippen molar-refractivity contribution in [2.24, 2.45) is 0 Å². The number of alkyl halides is 3. The Morgan fingerprint density at radius 2 is 1.64 bits per heavy atom. The molecule has 8 heteroatoms. The van der Waals surface area contributed by atoms with Crippen LogP contribution in [-0.4, -0.2) is 21.8 Å². The van der Waals surface area contributed by atoms with Crippen LogP contribution in [-0.2, 0) is 12.6 Å². The molecule has 0 bridgehead atoms. The van der Waals surface area contributed by atoms with Crippen molar-refractivity contribution in [3.63, 3.8) is 0 Å². The molecule has 0 saturated carbocycles. The van der Waals surface area contributed by atoms with Crippen molar-refractivity contribution in [3.8, 4) is 11.5 Å². The molecule has 2 aromatic heterocycles. The van der Waals surface area contributed by atoms with Gasteiger partial charge in [0.25, 0.3) is 5.91 Å². The van der Waals surface area contributed by atoms with Gasteiger partial charge in [0.1, 0.15) is 22.8 Å². The smallest absolute Gasteiger partial charge is 0.416 e. The zero-order valence-corrected chi connectivity index (χ0v) is 18.1. The fourth-order valence-electron chi connectivity index (χ4n) is 3.57. The predicted molar refractivity (Wildman–Crippen MR) is 119 cm³/mol. The maximum absolute atomic E-state index is 12.7. The molecule has 4 rings (SSSR count). The van der Waals surface area contributed by atoms with E-state index in [-0.39, 0.29) is 5.91 Å². The van der Waals surface area contributed by atoms with Crippen molar-refractivity contribution in [1.29, 1.82) is 0 Å². The summed E-state index contributed by atoms with van der Waals surface area (Å²) in [6.07, 6.45) is -1.94. The van der Waals surface area contributed by atoms with Gasteiger partial charge >= 0.3 is 6.18 Å². The molecule has 1 amide bonds. The van der Waals surface area contributed by atoms with Crippen LogP contribution < -0.4 is 10.1 Å². The third kappa shape index (κ3) is 5.00. The van der Waals surface area contributed by atoms with Crippen LogP contribution >= 0.6 is 0 Å². The maximum atomic E-state index is 12.7. The fourth-order valence-corrected chi connectivity index (χ4v) is 3.57. The van der Waals surface area contributed by atoms with E-state index in [1.165, 1.54) is 12.1 Å². The Morgan fingerprint density at radius 1 is 1.00 bits per heavy atom. The van der Waals surface area contributed by atoms with E-state index < -0.39 is 11.7 Å². The Morgan fingerprint density at radius 3 is 2.27 bits per heavy atom. The van der Waals surface area contributed by atoms with E-state index in [4.69, 9.17) is 4.74 Å². The number of nitrogens with zero attached hydrogens (tertiary/aromatic N) is 2. The number of aromatic nitrogens is 2. The summed E-state index contributed by atoms with van der Waals surface area (Å²) in [4.78, 5) is 17.2. The fraction of sp³-hybridized carbons (Fsp3) is 0.200. The number of carbonyl (C=O) groups excluding carboxylic acids is 1. The third-order valence-corrected chi connectivity index (χ3v) is 5.27. The number of benzene rings is 2. The van der Waals surface area contributed by atoms with Crippen LogP contribution in [0.4, 0.5) is 13.2 Å². The number of hydrogen-bond acceptors (Lipinski definition) is 3. The number of nitrogens with one attached hydrogen (secondary N) is 1. The van der Waals surface area contributed by atoms with Gasteiger partial charge in [-0.3, -0.25) is 9.20 Å². The molecule has 0 spiro atoms. The number of pyridine rings is 1. The molecule has 4 aromatic rings. The van der Waals surface area contributed by atoms with Crippen molar-refractivity contribution < 1.29 is 22.7 Å². The van der Waals surface area contributed by atoms with Crippen LogP contribution in [0.25, 0.3) is 5.65 Å². The summed E-state index contributed by atoms with van der Waals surface area (Å²) in [5.74, 6) is 0.647. The maximum Gasteiger partial charge on any atom is 0.416 e. The first-order chi connectivity index (χ1) is 15.7. The molecule has 2 aromatic carbocycles. The van der Waals surface area contributed by atoms with Gasteiger partial charge in [0, 0.05) is 12.7 Å². The van der Waals surface area contributed by atoms with Gasteiger partial charge in [0.2, 0.25) is 0 Å². The number of aryl methyl sites for hydroxylation is 2. The lowest BCUT2D eigenvalue weighted by Gasteiger charge is -2.10. The Bertz CT molecular complexity index is 1280. The van der Waals surface area contributed by atoms with Gasteiger partial charge in [-0.1, -0.05) is 18.2 Å². The van der Waals surface area contributed by atoms with Crippen LogP contribution in [0.3, 0.4) is 0 Å². The first-order valence-corrected chi connectivity index (χ1v) is 10.4. The minimum Gasteiger partial charge on any atom is -0.457 e. The van der Waals surface area contributed by atoms with Crippen molar-refractivity contribution in [3.05, 3.63) is 94.9 Å². The molecule has 0 aliphatic rings. The van der Waals surface area contributed by atoms with E-state index in [1.54, 1.807) is 16.5 Å². The highest BCUT2D eigenvalue weighted by Crippen LogP contribution is 2.31. The summed E-state index contributed by atoms with van der Waals surface area (Å²) in [6, 6.07) is 15.6. The number of imidazole rings is 1. The van der Waals surface area contributed by atoms with Crippen LogP contribution in [0.15, 0.2) is 66.9 Å². The van der Waals surface area contributed by atoms with Crippen molar-refractivity contribution in [1.82, 2.24) is 14.7 Å². The lowest BCUT2D eigenvalue weighted by atomic mass is 10.1. The molecule has 5 nitrogen and oxygen atoms in total. The molecule has 0 unspecified atom stereocenters. The first-order valence-electron chi connectivity index (χ1n) is 10.4. The van der Waals surface area contributed by atoms with Gasteiger partial charge in [0.15, 0.2) is 0 Å². The summed E-state index contributed by atoms with van der Waals surface area (Å²) >= 11 is 0. The topological polar surface area (TPSA) is 55.6 Å². The molecule has 0 atom stereocenters. The van der Waals surface area contributed by atoms with Crippen LogP contribution in [0.2, 0.25) is 0 Å². The normalized spacial score (nSPS) is 11.5.